The van der Waals surface area contributed by atoms with Gasteiger partial charge in [0.15, 0.2) is 0 Å². The van der Waals surface area contributed by atoms with Gasteiger partial charge in [0.25, 0.3) is 8.03 Å². The highest BCUT2D eigenvalue weighted by atomic mass is 127. The van der Waals surface area contributed by atoms with Crippen molar-refractivity contribution >= 4 is 52.9 Å². The van der Waals surface area contributed by atoms with Crippen molar-refractivity contribution in [1.29, 1.82) is 0 Å². The summed E-state index contributed by atoms with van der Waals surface area (Å²) in [5.41, 5.74) is -0.0404. The van der Waals surface area contributed by atoms with Gasteiger partial charge in [0, 0.05) is 5.39 Å². The highest BCUT2D eigenvalue weighted by molar-refractivity contribution is 14.1. The molecule has 0 spiro atoms. The molecule has 1 unspecified atom stereocenters. The van der Waals surface area contributed by atoms with Crippen molar-refractivity contribution in [2.45, 2.75) is 26.4 Å². The zero-order valence-corrected chi connectivity index (χ0v) is 19.0. The molecule has 3 aromatic rings. The third-order valence-corrected chi connectivity index (χ3v) is 5.78. The number of para-hydroxylation sites is 1. The fourth-order valence-electron chi connectivity index (χ4n) is 2.54. The van der Waals surface area contributed by atoms with E-state index in [1.165, 1.54) is 11.8 Å². The maximum atomic E-state index is 12.7. The molecule has 0 amide bonds. The molecule has 28 heavy (non-hydrogen) atoms. The largest absolute Gasteiger partial charge is 0.496 e. The first-order chi connectivity index (χ1) is 13.2. The van der Waals surface area contributed by atoms with E-state index in [0.29, 0.717) is 31.4 Å². The number of nitrogens with zero attached hydrogens (tertiary/aromatic N) is 2. The highest BCUT2D eigenvalue weighted by Crippen LogP contribution is 2.33. The monoisotopic (exact) mass is 514 g/mol. The maximum absolute atomic E-state index is 12.7. The zero-order valence-electron chi connectivity index (χ0n) is 15.9. The van der Waals surface area contributed by atoms with Crippen molar-refractivity contribution in [3.8, 4) is 11.5 Å². The smallest absolute Gasteiger partial charge is 0.435 e. The number of halogens is 1. The van der Waals surface area contributed by atoms with Crippen LogP contribution in [0, 0.1) is 3.70 Å². The van der Waals surface area contributed by atoms with Gasteiger partial charge in [-0.1, -0.05) is 12.1 Å². The van der Waals surface area contributed by atoms with Crippen molar-refractivity contribution in [3.05, 3.63) is 46.2 Å². The second kappa shape index (κ2) is 8.13. The van der Waals surface area contributed by atoms with Crippen LogP contribution in [-0.2, 0) is 9.30 Å². The summed E-state index contributed by atoms with van der Waals surface area (Å²) in [4.78, 5) is 12.4. The van der Waals surface area contributed by atoms with Crippen LogP contribution in [0.4, 0.5) is 4.79 Å². The van der Waals surface area contributed by atoms with Gasteiger partial charge in [0.1, 0.15) is 20.8 Å². The van der Waals surface area contributed by atoms with Gasteiger partial charge in [-0.25, -0.2) is 4.79 Å². The van der Waals surface area contributed by atoms with Crippen molar-refractivity contribution in [2.75, 3.05) is 7.11 Å². The quantitative estimate of drug-likeness (QED) is 0.374. The van der Waals surface area contributed by atoms with Gasteiger partial charge in [-0.3, -0.25) is 4.57 Å². The fraction of sp³-hybridized carbons (Fsp3) is 0.263. The minimum atomic E-state index is -2.57. The van der Waals surface area contributed by atoms with E-state index in [0.717, 1.165) is 0 Å². The van der Waals surface area contributed by atoms with Crippen molar-refractivity contribution in [1.82, 2.24) is 9.78 Å². The lowest BCUT2D eigenvalue weighted by Gasteiger charge is -2.19. The van der Waals surface area contributed by atoms with Gasteiger partial charge in [-0.05, 0) is 73.7 Å². The molecule has 0 radical (unpaired) electrons. The number of aromatic nitrogens is 2. The van der Waals surface area contributed by atoms with Crippen molar-refractivity contribution < 1.29 is 23.4 Å². The molecule has 0 saturated heterocycles. The van der Waals surface area contributed by atoms with Crippen LogP contribution >= 0.6 is 30.6 Å². The van der Waals surface area contributed by atoms with E-state index >= 15 is 0 Å². The Labute approximate surface area is 177 Å². The number of hydrogen-bond donors (Lipinski definition) is 0. The predicted molar refractivity (Wildman–Crippen MR) is 116 cm³/mol. The van der Waals surface area contributed by atoms with Gasteiger partial charge in [0.2, 0.25) is 0 Å². The fourth-order valence-corrected chi connectivity index (χ4v) is 4.26. The average molecular weight is 514 g/mol. The van der Waals surface area contributed by atoms with E-state index < -0.39 is 19.7 Å². The van der Waals surface area contributed by atoms with Crippen molar-refractivity contribution in [3.63, 3.8) is 0 Å². The second-order valence-electron chi connectivity index (χ2n) is 6.95. The first-order valence-corrected chi connectivity index (χ1v) is 10.9. The molecule has 7 nitrogen and oxygen atoms in total. The Bertz CT molecular complexity index is 1060. The molecule has 0 bridgehead atoms. The normalized spacial score (nSPS) is 12.6. The lowest BCUT2D eigenvalue weighted by atomic mass is 10.2. The third-order valence-electron chi connectivity index (χ3n) is 3.71. The molecular weight excluding hydrogens is 494 g/mol. The number of ether oxygens (including phenoxy) is 2. The molecule has 3 rings (SSSR count). The minimum Gasteiger partial charge on any atom is -0.496 e. The first-order valence-electron chi connectivity index (χ1n) is 8.46. The first kappa shape index (κ1) is 20.7. The molecule has 2 aromatic carbocycles. The minimum absolute atomic E-state index is 0.420. The molecule has 0 aliphatic heterocycles. The van der Waals surface area contributed by atoms with Gasteiger partial charge in [-0.2, -0.15) is 9.78 Å². The van der Waals surface area contributed by atoms with Crippen LogP contribution in [0.2, 0.25) is 0 Å². The Morgan fingerprint density at radius 3 is 2.57 bits per heavy atom. The van der Waals surface area contributed by atoms with Crippen LogP contribution in [0.5, 0.6) is 11.5 Å². The van der Waals surface area contributed by atoms with Gasteiger partial charge in [-0.15, -0.1) is 0 Å². The van der Waals surface area contributed by atoms with Crippen LogP contribution in [0.25, 0.3) is 10.9 Å². The standard InChI is InChI=1S/C19H20IN2O5P/c1-19(2,3)26-18(23)22-14-10-9-12(11-13(14)17(20)21-22)27-28(24)16-8-6-5-7-15(16)25-4/h5-11,28H,1-4H3. The summed E-state index contributed by atoms with van der Waals surface area (Å²) in [5, 5.41) is 5.48. The van der Waals surface area contributed by atoms with Crippen LogP contribution < -0.4 is 14.6 Å². The Morgan fingerprint density at radius 2 is 1.89 bits per heavy atom. The average Bonchev–Trinajstić information content (AvgIpc) is 2.97. The van der Waals surface area contributed by atoms with Crippen LogP contribution in [0.15, 0.2) is 42.5 Å². The highest BCUT2D eigenvalue weighted by Gasteiger charge is 2.22. The lowest BCUT2D eigenvalue weighted by Crippen LogP contribution is -2.27. The van der Waals surface area contributed by atoms with E-state index in [1.807, 2.05) is 22.6 Å². The molecular formula is C19H20IN2O5P. The lowest BCUT2D eigenvalue weighted by molar-refractivity contribution is 0.0522. The number of hydrogen-bond acceptors (Lipinski definition) is 6. The molecule has 148 valence electrons. The van der Waals surface area contributed by atoms with Crippen molar-refractivity contribution in [2.24, 2.45) is 0 Å². The number of methoxy groups -OCH3 is 1. The summed E-state index contributed by atoms with van der Waals surface area (Å²) in [6, 6.07) is 12.1. The predicted octanol–water partition coefficient (Wildman–Crippen LogP) is 4.61. The summed E-state index contributed by atoms with van der Waals surface area (Å²) in [7, 11) is -1.05. The van der Waals surface area contributed by atoms with Crippen LogP contribution in [-0.4, -0.2) is 28.6 Å². The molecule has 0 N–H and O–H groups in total. The molecule has 9 heteroatoms. The number of fused-ring (bicyclic) bond motifs is 1. The van der Waals surface area contributed by atoms with E-state index in [-0.39, 0.29) is 0 Å². The Hall–Kier alpha value is -2.06. The zero-order chi connectivity index (χ0) is 20.5. The molecule has 1 heterocycles. The molecule has 0 aliphatic carbocycles. The summed E-state index contributed by atoms with van der Waals surface area (Å²) < 4.78 is 30.8. The van der Waals surface area contributed by atoms with Gasteiger partial charge >= 0.3 is 6.09 Å². The van der Waals surface area contributed by atoms with E-state index in [2.05, 4.69) is 5.10 Å². The van der Waals surface area contributed by atoms with E-state index in [1.54, 1.807) is 63.2 Å². The number of carbonyl (C=O) groups excluding carboxylic acids is 1. The van der Waals surface area contributed by atoms with Gasteiger partial charge < -0.3 is 14.0 Å². The molecule has 0 aliphatic rings. The molecule has 1 aromatic heterocycles. The van der Waals surface area contributed by atoms with E-state index in [9.17, 15) is 9.36 Å². The summed E-state index contributed by atoms with van der Waals surface area (Å²) >= 11 is 2.04. The maximum Gasteiger partial charge on any atom is 0.435 e. The Morgan fingerprint density at radius 1 is 1.18 bits per heavy atom. The summed E-state index contributed by atoms with van der Waals surface area (Å²) in [6.07, 6.45) is -0.559. The number of rotatable bonds is 4. The second-order valence-corrected chi connectivity index (χ2v) is 9.29. The number of benzene rings is 2. The summed E-state index contributed by atoms with van der Waals surface area (Å²) in [6.45, 7) is 5.38. The van der Waals surface area contributed by atoms with Gasteiger partial charge in [0.05, 0.1) is 17.9 Å². The number of carbonyl (C=O) groups is 1. The summed E-state index contributed by atoms with van der Waals surface area (Å²) in [5.74, 6) is 0.934. The Kier molecular flexibility index (Phi) is 6.00. The van der Waals surface area contributed by atoms with E-state index in [4.69, 9.17) is 14.0 Å². The topological polar surface area (TPSA) is 79.7 Å². The SMILES string of the molecule is COc1ccccc1[PH](=O)Oc1ccc2c(c1)c(I)nn2C(=O)OC(C)(C)C. The third kappa shape index (κ3) is 4.50. The molecule has 0 fully saturated rings. The molecule has 1 atom stereocenters. The Balaban J connectivity index is 1.90. The van der Waals surface area contributed by atoms with Crippen LogP contribution in [0.1, 0.15) is 20.8 Å². The molecule has 0 saturated carbocycles. The van der Waals surface area contributed by atoms with Crippen LogP contribution in [0.3, 0.4) is 0 Å².